The first-order valence-corrected chi connectivity index (χ1v) is 12.7. The lowest BCUT2D eigenvalue weighted by molar-refractivity contribution is 0.0169. The van der Waals surface area contributed by atoms with Gasteiger partial charge in [0.2, 0.25) is 10.0 Å². The zero-order chi connectivity index (χ0) is 21.8. The fraction of sp³-hybridized carbons (Fsp3) is 0.550. The summed E-state index contributed by atoms with van der Waals surface area (Å²) in [5.41, 5.74) is 0.318. The Morgan fingerprint density at radius 2 is 1.84 bits per heavy atom. The molecule has 0 saturated carbocycles. The van der Waals surface area contributed by atoms with E-state index < -0.39 is 10.0 Å². The number of hydrogen-bond donors (Lipinski definition) is 1. The predicted octanol–water partition coefficient (Wildman–Crippen LogP) is 0.911. The van der Waals surface area contributed by atoms with Crippen LogP contribution in [0.15, 0.2) is 34.7 Å². The number of nitrogens with zero attached hydrogens (tertiary/aromatic N) is 3. The average molecular weight is 469 g/mol. The lowest BCUT2D eigenvalue weighted by Crippen LogP contribution is -2.43. The second-order valence-corrected chi connectivity index (χ2v) is 10.5. The van der Waals surface area contributed by atoms with Crippen LogP contribution in [0.3, 0.4) is 0 Å². The predicted molar refractivity (Wildman–Crippen MR) is 117 cm³/mol. The largest absolute Gasteiger partial charge is 0.379 e. The summed E-state index contributed by atoms with van der Waals surface area (Å²) < 4.78 is 39.5. The van der Waals surface area contributed by atoms with E-state index in [0.717, 1.165) is 13.1 Å². The van der Waals surface area contributed by atoms with Gasteiger partial charge in [0.1, 0.15) is 10.6 Å². The number of aryl methyl sites for hydroxylation is 1. The molecule has 1 N–H and O–H groups in total. The second kappa shape index (κ2) is 9.80. The summed E-state index contributed by atoms with van der Waals surface area (Å²) in [5.74, 6) is -0.291. The number of sulfonamides is 1. The molecular weight excluding hydrogens is 440 g/mol. The minimum Gasteiger partial charge on any atom is -0.379 e. The molecule has 4 heterocycles. The van der Waals surface area contributed by atoms with Crippen LogP contribution in [0, 0.1) is 0 Å². The summed E-state index contributed by atoms with van der Waals surface area (Å²) in [5, 5.41) is 5.04. The molecule has 2 fully saturated rings. The maximum atomic E-state index is 12.9. The van der Waals surface area contributed by atoms with E-state index in [4.69, 9.17) is 9.47 Å². The van der Waals surface area contributed by atoms with E-state index in [1.807, 2.05) is 11.4 Å². The maximum absolute atomic E-state index is 12.9. The molecule has 9 nitrogen and oxygen atoms in total. The Morgan fingerprint density at radius 3 is 2.48 bits per heavy atom. The van der Waals surface area contributed by atoms with Crippen LogP contribution in [0.1, 0.15) is 21.4 Å². The molecule has 0 bridgehead atoms. The van der Waals surface area contributed by atoms with Crippen LogP contribution in [0.5, 0.6) is 0 Å². The summed E-state index contributed by atoms with van der Waals surface area (Å²) in [6.45, 7) is 4.82. The Bertz CT molecular complexity index is 977. The van der Waals surface area contributed by atoms with Crippen LogP contribution >= 0.6 is 11.3 Å². The minimum atomic E-state index is -3.65. The molecule has 0 aliphatic carbocycles. The fourth-order valence-electron chi connectivity index (χ4n) is 3.90. The molecule has 2 aliphatic rings. The van der Waals surface area contributed by atoms with Gasteiger partial charge >= 0.3 is 0 Å². The first-order valence-electron chi connectivity index (χ1n) is 10.3. The summed E-state index contributed by atoms with van der Waals surface area (Å²) in [6.07, 6.45) is 1.50. The van der Waals surface area contributed by atoms with Gasteiger partial charge in [0.25, 0.3) is 5.91 Å². The monoisotopic (exact) mass is 468 g/mol. The molecule has 4 rings (SSSR count). The SMILES string of the molecule is Cn1cc(S(=O)(=O)N2CCOCC2)cc1C(=O)NC[C@@H](c1cccs1)N1CCOCC1. The molecule has 0 aromatic carbocycles. The van der Waals surface area contributed by atoms with Crippen LogP contribution in [-0.4, -0.2) is 87.2 Å². The van der Waals surface area contributed by atoms with Gasteiger partial charge in [-0.15, -0.1) is 11.3 Å². The number of amides is 1. The molecule has 0 radical (unpaired) electrons. The number of thiophene rings is 1. The number of rotatable bonds is 7. The summed E-state index contributed by atoms with van der Waals surface area (Å²) in [4.78, 5) is 16.6. The van der Waals surface area contributed by atoms with E-state index in [1.54, 1.807) is 23.0 Å². The Kier molecular flexibility index (Phi) is 7.09. The highest BCUT2D eigenvalue weighted by molar-refractivity contribution is 7.89. The molecular formula is C20H28N4O5S2. The van der Waals surface area contributed by atoms with Gasteiger partial charge in [0, 0.05) is 50.8 Å². The van der Waals surface area contributed by atoms with Crippen LogP contribution in [0.2, 0.25) is 0 Å². The minimum absolute atomic E-state index is 0.0599. The zero-order valence-electron chi connectivity index (χ0n) is 17.5. The van der Waals surface area contributed by atoms with Crippen molar-refractivity contribution in [3.8, 4) is 0 Å². The van der Waals surface area contributed by atoms with Gasteiger partial charge in [0.05, 0.1) is 32.5 Å². The summed E-state index contributed by atoms with van der Waals surface area (Å²) in [7, 11) is -1.96. The fourth-order valence-corrected chi connectivity index (χ4v) is 6.24. The van der Waals surface area contributed by atoms with E-state index in [0.29, 0.717) is 51.8 Å². The van der Waals surface area contributed by atoms with Gasteiger partial charge in [-0.3, -0.25) is 9.69 Å². The normalized spacial score (nSPS) is 19.9. The van der Waals surface area contributed by atoms with Gasteiger partial charge in [-0.1, -0.05) is 6.07 Å². The van der Waals surface area contributed by atoms with E-state index in [9.17, 15) is 13.2 Å². The highest BCUT2D eigenvalue weighted by Crippen LogP contribution is 2.26. The molecule has 2 aromatic heterocycles. The Hall–Kier alpha value is -1.76. The van der Waals surface area contributed by atoms with E-state index in [1.165, 1.54) is 21.4 Å². The molecule has 2 aliphatic heterocycles. The van der Waals surface area contributed by atoms with Gasteiger partial charge in [-0.05, 0) is 17.5 Å². The number of aromatic nitrogens is 1. The zero-order valence-corrected chi connectivity index (χ0v) is 19.2. The van der Waals surface area contributed by atoms with E-state index in [2.05, 4.69) is 16.3 Å². The molecule has 1 atom stereocenters. The van der Waals surface area contributed by atoms with Gasteiger partial charge < -0.3 is 19.4 Å². The van der Waals surface area contributed by atoms with Crippen molar-refractivity contribution >= 4 is 27.3 Å². The van der Waals surface area contributed by atoms with Crippen LogP contribution in [-0.2, 0) is 26.5 Å². The molecule has 31 heavy (non-hydrogen) atoms. The first-order chi connectivity index (χ1) is 15.0. The molecule has 2 aromatic rings. The van der Waals surface area contributed by atoms with Crippen molar-refractivity contribution in [1.29, 1.82) is 0 Å². The topological polar surface area (TPSA) is 93.1 Å². The van der Waals surface area contributed by atoms with Crippen molar-refractivity contribution in [1.82, 2.24) is 19.1 Å². The standard InChI is InChI=1S/C20H28N4O5S2/c1-22-15-16(31(26,27)24-6-10-29-11-7-24)13-17(22)20(25)21-14-18(19-3-2-12-30-19)23-4-8-28-9-5-23/h2-3,12-13,15,18H,4-11,14H2,1H3,(H,21,25)/t18-/m0/s1. The molecule has 11 heteroatoms. The third-order valence-corrected chi connectivity index (χ3v) is 8.47. The Labute approximate surface area is 186 Å². The van der Waals surface area contributed by atoms with Crippen molar-refractivity contribution in [2.24, 2.45) is 7.05 Å². The van der Waals surface area contributed by atoms with Crippen LogP contribution in [0.4, 0.5) is 0 Å². The van der Waals surface area contributed by atoms with Crippen molar-refractivity contribution in [3.63, 3.8) is 0 Å². The Balaban J connectivity index is 1.46. The second-order valence-electron chi connectivity index (χ2n) is 7.58. The lowest BCUT2D eigenvalue weighted by Gasteiger charge is -2.34. The molecule has 2 saturated heterocycles. The highest BCUT2D eigenvalue weighted by atomic mass is 32.2. The first kappa shape index (κ1) is 22.4. The third-order valence-electron chi connectivity index (χ3n) is 5.63. The van der Waals surface area contributed by atoms with Crippen LogP contribution in [0.25, 0.3) is 0 Å². The average Bonchev–Trinajstić information content (AvgIpc) is 3.46. The number of carbonyl (C=O) groups is 1. The lowest BCUT2D eigenvalue weighted by atomic mass is 10.2. The molecule has 170 valence electrons. The van der Waals surface area contributed by atoms with Crippen molar-refractivity contribution < 1.29 is 22.7 Å². The number of morpholine rings is 2. The van der Waals surface area contributed by atoms with Crippen molar-refractivity contribution in [2.75, 3.05) is 59.2 Å². The molecule has 1 amide bonds. The highest BCUT2D eigenvalue weighted by Gasteiger charge is 2.29. The quantitative estimate of drug-likeness (QED) is 0.649. The van der Waals surface area contributed by atoms with Gasteiger partial charge in [-0.25, -0.2) is 8.42 Å². The third kappa shape index (κ3) is 5.02. The van der Waals surface area contributed by atoms with Crippen molar-refractivity contribution in [3.05, 3.63) is 40.3 Å². The molecule has 0 spiro atoms. The van der Waals surface area contributed by atoms with E-state index >= 15 is 0 Å². The van der Waals surface area contributed by atoms with Crippen LogP contribution < -0.4 is 5.32 Å². The van der Waals surface area contributed by atoms with Crippen molar-refractivity contribution in [2.45, 2.75) is 10.9 Å². The summed E-state index contributed by atoms with van der Waals surface area (Å²) in [6, 6.07) is 5.60. The number of hydrogen-bond acceptors (Lipinski definition) is 7. The van der Waals surface area contributed by atoms with E-state index in [-0.39, 0.29) is 16.8 Å². The number of ether oxygens (including phenoxy) is 2. The Morgan fingerprint density at radius 1 is 1.16 bits per heavy atom. The maximum Gasteiger partial charge on any atom is 0.268 e. The van der Waals surface area contributed by atoms with Gasteiger partial charge in [-0.2, -0.15) is 4.31 Å². The summed E-state index contributed by atoms with van der Waals surface area (Å²) >= 11 is 1.66. The van der Waals surface area contributed by atoms with Gasteiger partial charge in [0.15, 0.2) is 0 Å². The smallest absolute Gasteiger partial charge is 0.268 e. The number of carbonyl (C=O) groups excluding carboxylic acids is 1. The number of nitrogens with one attached hydrogen (secondary N) is 1. The molecule has 0 unspecified atom stereocenters.